The number of carbonyl (C=O) groups excluding carboxylic acids is 1. The molecule has 0 saturated carbocycles. The highest BCUT2D eigenvalue weighted by Crippen LogP contribution is 2.14. The number of benzene rings is 1. The molecule has 0 spiro atoms. The lowest BCUT2D eigenvalue weighted by molar-refractivity contribution is -0.121. The summed E-state index contributed by atoms with van der Waals surface area (Å²) in [5.41, 5.74) is 1.48. The van der Waals surface area contributed by atoms with Crippen molar-refractivity contribution in [2.45, 2.75) is 30.7 Å². The quantitative estimate of drug-likeness (QED) is 0.450. The van der Waals surface area contributed by atoms with Crippen molar-refractivity contribution in [1.29, 1.82) is 0 Å². The fraction of sp³-hybridized carbons (Fsp3) is 0.278. The maximum Gasteiger partial charge on any atom is 0.272 e. The molecule has 154 valence electrons. The van der Waals surface area contributed by atoms with Gasteiger partial charge in [-0.2, -0.15) is 0 Å². The lowest BCUT2D eigenvalue weighted by Crippen LogP contribution is -2.27. The van der Waals surface area contributed by atoms with E-state index in [0.29, 0.717) is 35.4 Å². The van der Waals surface area contributed by atoms with E-state index in [9.17, 15) is 18.0 Å². The van der Waals surface area contributed by atoms with Crippen molar-refractivity contribution < 1.29 is 13.2 Å². The van der Waals surface area contributed by atoms with Crippen LogP contribution in [0.4, 0.5) is 0 Å². The Morgan fingerprint density at radius 3 is 2.66 bits per heavy atom. The molecule has 8 nitrogen and oxygen atoms in total. The van der Waals surface area contributed by atoms with Crippen LogP contribution in [0.25, 0.3) is 10.2 Å². The highest BCUT2D eigenvalue weighted by atomic mass is 32.2. The zero-order chi connectivity index (χ0) is 21.0. The van der Waals surface area contributed by atoms with Crippen LogP contribution in [0, 0.1) is 4.77 Å². The van der Waals surface area contributed by atoms with Gasteiger partial charge in [0.2, 0.25) is 15.9 Å². The number of amides is 1. The predicted molar refractivity (Wildman–Crippen MR) is 115 cm³/mol. The SMILES string of the molecule is NS(=O)(=O)c1ccc(CCNC(=O)CCCn2c(=S)[nH]c3ccsc3c2=O)cc1. The molecule has 29 heavy (non-hydrogen) atoms. The van der Waals surface area contributed by atoms with Crippen molar-refractivity contribution in [1.82, 2.24) is 14.9 Å². The molecule has 0 fully saturated rings. The van der Waals surface area contributed by atoms with E-state index < -0.39 is 10.0 Å². The highest BCUT2D eigenvalue weighted by molar-refractivity contribution is 7.89. The van der Waals surface area contributed by atoms with Gasteiger partial charge in [0, 0.05) is 19.5 Å². The fourth-order valence-corrected chi connectivity index (χ4v) is 4.45. The van der Waals surface area contributed by atoms with Crippen LogP contribution in [0.1, 0.15) is 18.4 Å². The molecule has 2 heterocycles. The van der Waals surface area contributed by atoms with E-state index in [4.69, 9.17) is 17.4 Å². The molecule has 2 aromatic heterocycles. The molecule has 3 rings (SSSR count). The molecule has 3 aromatic rings. The summed E-state index contributed by atoms with van der Waals surface area (Å²) >= 11 is 6.59. The third kappa shape index (κ3) is 5.38. The molecular formula is C18H20N4O4S3. The van der Waals surface area contributed by atoms with E-state index >= 15 is 0 Å². The van der Waals surface area contributed by atoms with Gasteiger partial charge >= 0.3 is 0 Å². The van der Waals surface area contributed by atoms with Crippen LogP contribution in [0.15, 0.2) is 45.4 Å². The number of aromatic nitrogens is 2. The van der Waals surface area contributed by atoms with Crippen molar-refractivity contribution in [2.24, 2.45) is 5.14 Å². The number of H-pyrrole nitrogens is 1. The molecule has 0 saturated heterocycles. The van der Waals surface area contributed by atoms with Gasteiger partial charge < -0.3 is 10.3 Å². The maximum atomic E-state index is 12.4. The highest BCUT2D eigenvalue weighted by Gasteiger charge is 2.09. The van der Waals surface area contributed by atoms with Crippen LogP contribution >= 0.6 is 23.6 Å². The first kappa shape index (κ1) is 21.4. The smallest absolute Gasteiger partial charge is 0.272 e. The Balaban J connectivity index is 1.46. The summed E-state index contributed by atoms with van der Waals surface area (Å²) < 4.78 is 24.9. The number of thiophene rings is 1. The van der Waals surface area contributed by atoms with Gasteiger partial charge in [0.1, 0.15) is 4.70 Å². The third-order valence-electron chi connectivity index (χ3n) is 4.36. The second-order valence-electron chi connectivity index (χ2n) is 6.44. The van der Waals surface area contributed by atoms with E-state index in [1.807, 2.05) is 11.4 Å². The van der Waals surface area contributed by atoms with Crippen molar-refractivity contribution in [3.8, 4) is 0 Å². The minimum absolute atomic E-state index is 0.0552. The Bertz CT molecular complexity index is 1240. The summed E-state index contributed by atoms with van der Waals surface area (Å²) in [5.74, 6) is -0.119. The Morgan fingerprint density at radius 1 is 1.24 bits per heavy atom. The number of nitrogens with zero attached hydrogens (tertiary/aromatic N) is 1. The lowest BCUT2D eigenvalue weighted by atomic mass is 10.1. The Hall–Kier alpha value is -2.34. The lowest BCUT2D eigenvalue weighted by Gasteiger charge is -2.08. The molecule has 0 atom stereocenters. The number of nitrogens with two attached hydrogens (primary N) is 1. The zero-order valence-electron chi connectivity index (χ0n) is 15.4. The van der Waals surface area contributed by atoms with Crippen LogP contribution in [0.3, 0.4) is 0 Å². The average Bonchev–Trinajstić information content (AvgIpc) is 3.12. The van der Waals surface area contributed by atoms with Crippen LogP contribution in [0.5, 0.6) is 0 Å². The first-order chi connectivity index (χ1) is 13.8. The summed E-state index contributed by atoms with van der Waals surface area (Å²) in [5, 5.41) is 9.71. The van der Waals surface area contributed by atoms with Gasteiger partial charge in [0.25, 0.3) is 5.56 Å². The summed E-state index contributed by atoms with van der Waals surface area (Å²) in [6.45, 7) is 0.791. The van der Waals surface area contributed by atoms with Gasteiger partial charge in [-0.05, 0) is 54.2 Å². The number of hydrogen-bond acceptors (Lipinski definition) is 6. The third-order valence-corrected chi connectivity index (χ3v) is 6.52. The molecule has 0 unspecified atom stereocenters. The molecule has 1 amide bonds. The van der Waals surface area contributed by atoms with Gasteiger partial charge in [0.15, 0.2) is 4.77 Å². The molecule has 4 N–H and O–H groups in total. The van der Waals surface area contributed by atoms with Crippen LogP contribution < -0.4 is 16.0 Å². The monoisotopic (exact) mass is 452 g/mol. The minimum atomic E-state index is -3.70. The molecule has 0 radical (unpaired) electrons. The second-order valence-corrected chi connectivity index (χ2v) is 9.31. The first-order valence-corrected chi connectivity index (χ1v) is 11.7. The van der Waals surface area contributed by atoms with E-state index in [1.54, 1.807) is 12.1 Å². The Morgan fingerprint density at radius 2 is 1.97 bits per heavy atom. The molecule has 0 aliphatic rings. The topological polar surface area (TPSA) is 127 Å². The normalized spacial score (nSPS) is 11.6. The average molecular weight is 453 g/mol. The van der Waals surface area contributed by atoms with Gasteiger partial charge in [-0.25, -0.2) is 13.6 Å². The molecule has 0 aliphatic heterocycles. The summed E-state index contributed by atoms with van der Waals surface area (Å²) in [7, 11) is -3.70. The van der Waals surface area contributed by atoms with Crippen LogP contribution in [0.2, 0.25) is 0 Å². The number of nitrogens with one attached hydrogen (secondary N) is 2. The van der Waals surface area contributed by atoms with Crippen molar-refractivity contribution in [3.63, 3.8) is 0 Å². The maximum absolute atomic E-state index is 12.4. The van der Waals surface area contributed by atoms with Crippen molar-refractivity contribution >= 4 is 49.7 Å². The first-order valence-electron chi connectivity index (χ1n) is 8.84. The number of fused-ring (bicyclic) bond motifs is 1. The summed E-state index contributed by atoms with van der Waals surface area (Å²) in [4.78, 5) is 27.5. The fourth-order valence-electron chi connectivity index (χ4n) is 2.85. The van der Waals surface area contributed by atoms with Crippen LogP contribution in [-0.2, 0) is 27.8 Å². The summed E-state index contributed by atoms with van der Waals surface area (Å²) in [6.07, 6.45) is 1.33. The van der Waals surface area contributed by atoms with Crippen molar-refractivity contribution in [2.75, 3.05) is 6.54 Å². The Kier molecular flexibility index (Phi) is 6.63. The van der Waals surface area contributed by atoms with E-state index in [-0.39, 0.29) is 22.8 Å². The van der Waals surface area contributed by atoms with E-state index in [2.05, 4.69) is 10.3 Å². The molecule has 0 bridgehead atoms. The van der Waals surface area contributed by atoms with Crippen molar-refractivity contribution in [3.05, 3.63) is 56.4 Å². The number of rotatable bonds is 8. The number of hydrogen-bond donors (Lipinski definition) is 3. The van der Waals surface area contributed by atoms with E-state index in [1.165, 1.54) is 28.0 Å². The van der Waals surface area contributed by atoms with Gasteiger partial charge in [-0.3, -0.25) is 14.2 Å². The minimum Gasteiger partial charge on any atom is -0.356 e. The predicted octanol–water partition coefficient (Wildman–Crippen LogP) is 1.91. The number of aromatic amines is 1. The number of sulfonamides is 1. The zero-order valence-corrected chi connectivity index (χ0v) is 17.8. The molecule has 11 heteroatoms. The summed E-state index contributed by atoms with van der Waals surface area (Å²) in [6, 6.07) is 8.04. The van der Waals surface area contributed by atoms with Gasteiger partial charge in [-0.1, -0.05) is 12.1 Å². The standard InChI is InChI=1S/C18H20N4O4S3/c19-29(25,26)13-5-3-12(4-6-13)7-9-20-15(23)2-1-10-22-17(24)16-14(8-11-28-16)21-18(22)27/h3-6,8,11H,1-2,7,9-10H2,(H,20,23)(H,21,27)(H2,19,25,26). The Labute approximate surface area is 176 Å². The van der Waals surface area contributed by atoms with Gasteiger partial charge in [-0.15, -0.1) is 11.3 Å². The number of primary sulfonamides is 1. The molecule has 1 aromatic carbocycles. The van der Waals surface area contributed by atoms with E-state index in [0.717, 1.165) is 11.1 Å². The number of carbonyl (C=O) groups is 1. The van der Waals surface area contributed by atoms with Gasteiger partial charge in [0.05, 0.1) is 10.4 Å². The molecular weight excluding hydrogens is 432 g/mol. The second kappa shape index (κ2) is 8.99. The van der Waals surface area contributed by atoms with Crippen LogP contribution in [-0.4, -0.2) is 30.4 Å². The largest absolute Gasteiger partial charge is 0.356 e. The molecule has 0 aliphatic carbocycles.